The van der Waals surface area contributed by atoms with Crippen LogP contribution in [-0.4, -0.2) is 35.7 Å². The molecule has 2 saturated carbocycles. The number of rotatable bonds is 3. The third kappa shape index (κ3) is 3.88. The molecule has 0 unspecified atom stereocenters. The van der Waals surface area contributed by atoms with Gasteiger partial charge in [-0.05, 0) is 57.9 Å². The Morgan fingerprint density at radius 3 is 1.75 bits per heavy atom. The Hall–Kier alpha value is -0.290. The van der Waals surface area contributed by atoms with E-state index in [-0.39, 0.29) is 0 Å². The highest BCUT2D eigenvalue weighted by atomic mass is 19.4. The monoisotopic (exact) mass is 292 g/mol. The Morgan fingerprint density at radius 1 is 0.900 bits per heavy atom. The van der Waals surface area contributed by atoms with Gasteiger partial charge < -0.3 is 5.73 Å². The van der Waals surface area contributed by atoms with Crippen molar-refractivity contribution in [1.29, 1.82) is 0 Å². The normalized spacial score (nSPS) is 36.3. The number of nitrogens with zero attached hydrogens (tertiary/aromatic N) is 1. The zero-order chi connectivity index (χ0) is 14.8. The first-order chi connectivity index (χ1) is 9.41. The van der Waals surface area contributed by atoms with Crippen molar-refractivity contribution < 1.29 is 13.2 Å². The number of halogens is 3. The summed E-state index contributed by atoms with van der Waals surface area (Å²) in [6.45, 7) is 3.08. The standard InChI is InChI=1S/C15H27F3N2/c1-2-20(14-9-5-12(19)6-10-14)13-7-3-11(4-8-13)15(16,17)18/h11-14H,2-10,19H2,1H3. The fourth-order valence-electron chi connectivity index (χ4n) is 3.98. The molecule has 118 valence electrons. The van der Waals surface area contributed by atoms with Crippen molar-refractivity contribution in [3.8, 4) is 0 Å². The van der Waals surface area contributed by atoms with Gasteiger partial charge in [0.15, 0.2) is 0 Å². The minimum Gasteiger partial charge on any atom is -0.328 e. The first-order valence-corrected chi connectivity index (χ1v) is 7.99. The third-order valence-corrected chi connectivity index (χ3v) is 5.20. The molecule has 2 N–H and O–H groups in total. The zero-order valence-corrected chi connectivity index (χ0v) is 12.3. The summed E-state index contributed by atoms with van der Waals surface area (Å²) in [4.78, 5) is 2.46. The molecule has 0 radical (unpaired) electrons. The summed E-state index contributed by atoms with van der Waals surface area (Å²) in [5.74, 6) is -1.07. The molecule has 20 heavy (non-hydrogen) atoms. The largest absolute Gasteiger partial charge is 0.391 e. The summed E-state index contributed by atoms with van der Waals surface area (Å²) in [5.41, 5.74) is 5.94. The molecule has 5 heteroatoms. The van der Waals surface area contributed by atoms with Crippen molar-refractivity contribution in [1.82, 2.24) is 4.90 Å². The molecule has 2 aliphatic rings. The Kier molecular flexibility index (Phi) is 5.35. The average Bonchev–Trinajstić information content (AvgIpc) is 2.41. The van der Waals surface area contributed by atoms with E-state index in [1.807, 2.05) is 0 Å². The van der Waals surface area contributed by atoms with Gasteiger partial charge in [-0.3, -0.25) is 4.90 Å². The van der Waals surface area contributed by atoms with E-state index in [1.54, 1.807) is 0 Å². The highest BCUT2D eigenvalue weighted by Crippen LogP contribution is 2.39. The molecule has 0 saturated heterocycles. The molecule has 2 fully saturated rings. The van der Waals surface area contributed by atoms with Gasteiger partial charge in [-0.15, -0.1) is 0 Å². The topological polar surface area (TPSA) is 29.3 Å². The minimum absolute atomic E-state index is 0.302. The number of hydrogen-bond acceptors (Lipinski definition) is 2. The van der Waals surface area contributed by atoms with Crippen LogP contribution in [0.25, 0.3) is 0 Å². The Bertz CT molecular complexity index is 290. The second kappa shape index (κ2) is 6.65. The van der Waals surface area contributed by atoms with Crippen LogP contribution in [0.1, 0.15) is 58.3 Å². The zero-order valence-electron chi connectivity index (χ0n) is 12.3. The van der Waals surface area contributed by atoms with E-state index in [1.165, 1.54) is 0 Å². The van der Waals surface area contributed by atoms with Gasteiger partial charge in [-0.2, -0.15) is 13.2 Å². The van der Waals surface area contributed by atoms with Crippen molar-refractivity contribution in [3.05, 3.63) is 0 Å². The van der Waals surface area contributed by atoms with E-state index in [9.17, 15) is 13.2 Å². The summed E-state index contributed by atoms with van der Waals surface area (Å²) in [6, 6.07) is 1.20. The predicted octanol–water partition coefficient (Wildman–Crippen LogP) is 3.70. The molecule has 2 aliphatic carbocycles. The van der Waals surface area contributed by atoms with Gasteiger partial charge in [-0.25, -0.2) is 0 Å². The van der Waals surface area contributed by atoms with E-state index < -0.39 is 12.1 Å². The molecule has 2 rings (SSSR count). The van der Waals surface area contributed by atoms with Gasteiger partial charge in [0.25, 0.3) is 0 Å². The van der Waals surface area contributed by atoms with Crippen LogP contribution < -0.4 is 5.73 Å². The first kappa shape index (κ1) is 16.1. The van der Waals surface area contributed by atoms with Gasteiger partial charge in [0.2, 0.25) is 0 Å². The van der Waals surface area contributed by atoms with Gasteiger partial charge in [0.05, 0.1) is 5.92 Å². The second-order valence-electron chi connectivity index (χ2n) is 6.45. The second-order valence-corrected chi connectivity index (χ2v) is 6.45. The summed E-state index contributed by atoms with van der Waals surface area (Å²) in [7, 11) is 0. The minimum atomic E-state index is -4.00. The van der Waals surface area contributed by atoms with Crippen LogP contribution >= 0.6 is 0 Å². The Morgan fingerprint density at radius 2 is 1.35 bits per heavy atom. The fraction of sp³-hybridized carbons (Fsp3) is 1.00. The molecule has 0 aromatic carbocycles. The van der Waals surface area contributed by atoms with E-state index >= 15 is 0 Å². The lowest BCUT2D eigenvalue weighted by atomic mass is 9.82. The fourth-order valence-corrected chi connectivity index (χ4v) is 3.98. The van der Waals surface area contributed by atoms with E-state index in [0.717, 1.165) is 32.2 Å². The quantitative estimate of drug-likeness (QED) is 0.859. The maximum absolute atomic E-state index is 12.7. The molecule has 0 heterocycles. The molecule has 0 aromatic heterocycles. The van der Waals surface area contributed by atoms with E-state index in [0.29, 0.717) is 43.8 Å². The Balaban J connectivity index is 1.87. The molecule has 0 bridgehead atoms. The highest BCUT2D eigenvalue weighted by molar-refractivity contribution is 4.88. The van der Waals surface area contributed by atoms with Crippen molar-refractivity contribution in [2.75, 3.05) is 6.54 Å². The van der Waals surface area contributed by atoms with Crippen LogP contribution in [0, 0.1) is 5.92 Å². The predicted molar refractivity (Wildman–Crippen MR) is 74.4 cm³/mol. The molecule has 0 spiro atoms. The maximum Gasteiger partial charge on any atom is 0.391 e. The van der Waals surface area contributed by atoms with E-state index in [4.69, 9.17) is 5.73 Å². The lowest BCUT2D eigenvalue weighted by Crippen LogP contribution is -2.48. The van der Waals surface area contributed by atoms with Crippen LogP contribution in [0.15, 0.2) is 0 Å². The molecule has 0 atom stereocenters. The summed E-state index contributed by atoms with van der Waals surface area (Å²) < 4.78 is 38.2. The van der Waals surface area contributed by atoms with Gasteiger partial charge in [0, 0.05) is 18.1 Å². The van der Waals surface area contributed by atoms with E-state index in [2.05, 4.69) is 11.8 Å². The molecular weight excluding hydrogens is 265 g/mol. The van der Waals surface area contributed by atoms with Gasteiger partial charge in [-0.1, -0.05) is 6.92 Å². The maximum atomic E-state index is 12.7. The van der Waals surface area contributed by atoms with Crippen LogP contribution in [0.2, 0.25) is 0 Å². The summed E-state index contributed by atoms with van der Waals surface area (Å²) >= 11 is 0. The van der Waals surface area contributed by atoms with Crippen LogP contribution in [0.4, 0.5) is 13.2 Å². The van der Waals surface area contributed by atoms with Gasteiger partial charge >= 0.3 is 6.18 Å². The SMILES string of the molecule is CCN(C1CCC(N)CC1)C1CCC(C(F)(F)F)CC1. The number of nitrogens with two attached hydrogens (primary N) is 1. The lowest BCUT2D eigenvalue weighted by Gasteiger charge is -2.43. The van der Waals surface area contributed by atoms with Crippen LogP contribution in [-0.2, 0) is 0 Å². The molecule has 2 nitrogen and oxygen atoms in total. The van der Waals surface area contributed by atoms with Crippen molar-refractivity contribution in [3.63, 3.8) is 0 Å². The summed E-state index contributed by atoms with van der Waals surface area (Å²) in [5, 5.41) is 0. The third-order valence-electron chi connectivity index (χ3n) is 5.20. The first-order valence-electron chi connectivity index (χ1n) is 7.99. The molecular formula is C15H27F3N2. The van der Waals surface area contributed by atoms with Gasteiger partial charge in [0.1, 0.15) is 0 Å². The Labute approximate surface area is 119 Å². The molecule has 0 aliphatic heterocycles. The molecule has 0 aromatic rings. The molecule has 0 amide bonds. The van der Waals surface area contributed by atoms with Crippen LogP contribution in [0.5, 0.6) is 0 Å². The smallest absolute Gasteiger partial charge is 0.328 e. The van der Waals surface area contributed by atoms with Crippen molar-refractivity contribution in [2.24, 2.45) is 11.7 Å². The average molecular weight is 292 g/mol. The van der Waals surface area contributed by atoms with Crippen molar-refractivity contribution >= 4 is 0 Å². The van der Waals surface area contributed by atoms with Crippen LogP contribution in [0.3, 0.4) is 0 Å². The van der Waals surface area contributed by atoms with Crippen molar-refractivity contribution in [2.45, 2.75) is 82.6 Å². The lowest BCUT2D eigenvalue weighted by molar-refractivity contribution is -0.185. The number of alkyl halides is 3. The summed E-state index contributed by atoms with van der Waals surface area (Å²) in [6.07, 6.45) is 2.31. The highest BCUT2D eigenvalue weighted by Gasteiger charge is 2.42. The number of hydrogen-bond donors (Lipinski definition) is 1.